The molecule has 0 amide bonds. The molecule has 2 aromatic rings. The topological polar surface area (TPSA) is 214 Å². The second kappa shape index (κ2) is 15.9. The second-order valence-corrected chi connectivity index (χ2v) is 9.30. The van der Waals surface area contributed by atoms with Crippen LogP contribution in [0.5, 0.6) is 0 Å². The Kier molecular flexibility index (Phi) is 15.0. The number of nitrogens with one attached hydrogen (secondary N) is 2. The van der Waals surface area contributed by atoms with Crippen LogP contribution in [0.1, 0.15) is 70.6 Å². The Hall–Kier alpha value is -2.08. The van der Waals surface area contributed by atoms with Crippen LogP contribution in [0.25, 0.3) is 0 Å². The third-order valence-electron chi connectivity index (χ3n) is 4.61. The molecule has 0 fully saturated rings. The van der Waals surface area contributed by atoms with Crippen molar-refractivity contribution in [2.75, 3.05) is 20.1 Å². The highest BCUT2D eigenvalue weighted by atomic mass is 31.2. The normalized spacial score (nSPS) is 12.9. The number of carbonyl (C=O) groups excluding carboxylic acids is 2. The van der Waals surface area contributed by atoms with Crippen molar-refractivity contribution in [1.29, 1.82) is 0 Å². The van der Waals surface area contributed by atoms with Gasteiger partial charge < -0.3 is 40.0 Å². The lowest BCUT2D eigenvalue weighted by Crippen LogP contribution is -2.22. The summed E-state index contributed by atoms with van der Waals surface area (Å²) >= 11 is 0. The predicted molar refractivity (Wildman–Crippen MR) is 135 cm³/mol. The molecule has 12 nitrogen and oxygen atoms in total. The van der Waals surface area contributed by atoms with E-state index < -0.39 is 15.6 Å². The van der Waals surface area contributed by atoms with Gasteiger partial charge in [0, 0.05) is 28.3 Å². The Morgan fingerprint density at radius 2 is 1.11 bits per heavy atom. The number of hydrogen-bond acceptors (Lipinski definition) is 6. The van der Waals surface area contributed by atoms with Crippen LogP contribution in [0, 0.1) is 0 Å². The molecule has 36 heavy (non-hydrogen) atoms. The highest BCUT2D eigenvalue weighted by molar-refractivity contribution is 7.45. The van der Waals surface area contributed by atoms with Crippen molar-refractivity contribution in [1.82, 2.24) is 10.6 Å². The minimum atomic E-state index is -4.64. The fourth-order valence-corrected chi connectivity index (χ4v) is 3.19. The monoisotopic (exact) mass is 548 g/mol. The van der Waals surface area contributed by atoms with Crippen molar-refractivity contribution in [3.05, 3.63) is 70.3 Å². The molecule has 2 aromatic carbocycles. The Morgan fingerprint density at radius 1 is 0.722 bits per heavy atom. The molecule has 1 aliphatic carbocycles. The van der Waals surface area contributed by atoms with Crippen LogP contribution in [0.4, 0.5) is 0 Å². The summed E-state index contributed by atoms with van der Waals surface area (Å²) in [5.41, 5.74) is 3.07. The smallest absolute Gasteiger partial charge is 0.317 e. The van der Waals surface area contributed by atoms with E-state index in [9.17, 15) is 9.59 Å². The van der Waals surface area contributed by atoms with Gasteiger partial charge in [0.15, 0.2) is 11.6 Å². The number of phosphoric acid groups is 2. The van der Waals surface area contributed by atoms with Crippen LogP contribution in [0.3, 0.4) is 0 Å². The molecule has 1 aliphatic rings. The van der Waals surface area contributed by atoms with E-state index in [0.717, 1.165) is 25.1 Å². The van der Waals surface area contributed by atoms with Crippen LogP contribution in [0.15, 0.2) is 42.5 Å². The zero-order valence-corrected chi connectivity index (χ0v) is 22.2. The fourth-order valence-electron chi connectivity index (χ4n) is 3.19. The van der Waals surface area contributed by atoms with Crippen LogP contribution in [-0.2, 0) is 9.13 Å². The van der Waals surface area contributed by atoms with E-state index in [1.807, 2.05) is 19.2 Å². The van der Waals surface area contributed by atoms with Crippen molar-refractivity contribution in [3.8, 4) is 0 Å². The third-order valence-corrected chi connectivity index (χ3v) is 4.61. The first-order valence-electron chi connectivity index (χ1n) is 10.9. The van der Waals surface area contributed by atoms with Crippen LogP contribution < -0.4 is 10.6 Å². The molecule has 0 radical (unpaired) electrons. The first-order chi connectivity index (χ1) is 16.6. The maximum Gasteiger partial charge on any atom is 0.466 e. The maximum atomic E-state index is 12.6. The van der Waals surface area contributed by atoms with Crippen LogP contribution in [0.2, 0.25) is 0 Å². The van der Waals surface area contributed by atoms with Crippen LogP contribution >= 0.6 is 15.6 Å². The number of rotatable bonds is 5. The molecule has 14 heteroatoms. The molecule has 0 saturated carbocycles. The summed E-state index contributed by atoms with van der Waals surface area (Å²) in [5.74, 6) is -0.128. The summed E-state index contributed by atoms with van der Waals surface area (Å²) in [6, 6.07) is 12.8. The van der Waals surface area contributed by atoms with E-state index in [1.54, 1.807) is 30.3 Å². The first kappa shape index (κ1) is 33.9. The average molecular weight is 548 g/mol. The van der Waals surface area contributed by atoms with Gasteiger partial charge in [-0.15, -0.1) is 0 Å². The molecule has 0 heterocycles. The highest BCUT2D eigenvalue weighted by Crippen LogP contribution is 2.30. The molecule has 3 rings (SSSR count). The molecule has 0 aliphatic heterocycles. The Balaban J connectivity index is 0.000000672. The lowest BCUT2D eigenvalue weighted by molar-refractivity contribution is 0.0979. The quantitative estimate of drug-likeness (QED) is 0.215. The fraction of sp³-hybridized carbons (Fsp3) is 0.364. The number of ketones is 2. The van der Waals surface area contributed by atoms with Crippen molar-refractivity contribution in [3.63, 3.8) is 0 Å². The average Bonchev–Trinajstić information content (AvgIpc) is 2.77. The Labute approximate surface area is 209 Å². The van der Waals surface area contributed by atoms with E-state index in [4.69, 9.17) is 38.5 Å². The standard InChI is InChI=1S/C18H17NO2.C4H11N.2H3O4P/c1-3-16(19-2)11-8-9-14-15(10-11)18(21)13-7-5-4-6-12(13)17(14)20;1-3-5-4-2;2*1-5(2,3)4/h4-10,16,19H,3H2,1-2H3;5H,3-4H2,1-2H3;2*(H3,1,2,3,4). The molecule has 1 unspecified atom stereocenters. The van der Waals surface area contributed by atoms with Crippen molar-refractivity contribution >= 4 is 27.2 Å². The van der Waals surface area contributed by atoms with Crippen molar-refractivity contribution in [2.24, 2.45) is 0 Å². The molecular weight excluding hydrogens is 514 g/mol. The summed E-state index contributed by atoms with van der Waals surface area (Å²) in [7, 11) is -7.38. The first-order valence-corrected chi connectivity index (χ1v) is 14.0. The number of carbonyl (C=O) groups is 2. The van der Waals surface area contributed by atoms with E-state index in [2.05, 4.69) is 31.4 Å². The van der Waals surface area contributed by atoms with Gasteiger partial charge >= 0.3 is 15.6 Å². The molecule has 0 spiro atoms. The SMILES string of the molecule is CCC(NC)c1ccc2c(c1)C(=O)c1ccccc1C2=O.CCNCC.O=P(O)(O)O.O=P(O)(O)O. The number of hydrogen-bond donors (Lipinski definition) is 8. The molecule has 0 bridgehead atoms. The number of benzene rings is 2. The van der Waals surface area contributed by atoms with Gasteiger partial charge in [-0.2, -0.15) is 0 Å². The summed E-state index contributed by atoms with van der Waals surface area (Å²) in [5, 5.41) is 6.33. The van der Waals surface area contributed by atoms with Gasteiger partial charge in [-0.1, -0.05) is 51.1 Å². The summed E-state index contributed by atoms with van der Waals surface area (Å²) in [4.78, 5) is 68.3. The maximum absolute atomic E-state index is 12.6. The minimum Gasteiger partial charge on any atom is -0.317 e. The van der Waals surface area contributed by atoms with E-state index in [0.29, 0.717) is 22.3 Å². The Bertz CT molecular complexity index is 1060. The van der Waals surface area contributed by atoms with Gasteiger partial charge in [0.1, 0.15) is 0 Å². The Morgan fingerprint density at radius 3 is 1.44 bits per heavy atom. The minimum absolute atomic E-state index is 0.0620. The van der Waals surface area contributed by atoms with Gasteiger partial charge in [-0.05, 0) is 44.3 Å². The molecule has 0 saturated heterocycles. The number of fused-ring (bicyclic) bond motifs is 2. The van der Waals surface area contributed by atoms with E-state index >= 15 is 0 Å². The summed E-state index contributed by atoms with van der Waals surface area (Å²) in [6.07, 6.45) is 0.925. The van der Waals surface area contributed by atoms with Gasteiger partial charge in [0.25, 0.3) is 0 Å². The van der Waals surface area contributed by atoms with E-state index in [-0.39, 0.29) is 17.6 Å². The second-order valence-electron chi connectivity index (χ2n) is 7.24. The largest absolute Gasteiger partial charge is 0.466 e. The molecular formula is C22H34N2O10P2. The molecule has 8 N–H and O–H groups in total. The highest BCUT2D eigenvalue weighted by Gasteiger charge is 2.29. The zero-order chi connectivity index (χ0) is 28.1. The van der Waals surface area contributed by atoms with E-state index in [1.165, 1.54) is 0 Å². The van der Waals surface area contributed by atoms with Gasteiger partial charge in [0.2, 0.25) is 0 Å². The summed E-state index contributed by atoms with van der Waals surface area (Å²) in [6.45, 7) is 8.48. The summed E-state index contributed by atoms with van der Waals surface area (Å²) < 4.78 is 17.8. The van der Waals surface area contributed by atoms with Gasteiger partial charge in [0.05, 0.1) is 0 Å². The molecule has 0 aromatic heterocycles. The predicted octanol–water partition coefficient (Wildman–Crippen LogP) is 1.89. The molecule has 1 atom stereocenters. The zero-order valence-electron chi connectivity index (χ0n) is 20.5. The van der Waals surface area contributed by atoms with Gasteiger partial charge in [-0.3, -0.25) is 9.59 Å². The molecule has 202 valence electrons. The van der Waals surface area contributed by atoms with Gasteiger partial charge in [-0.25, -0.2) is 9.13 Å². The lowest BCUT2D eigenvalue weighted by Gasteiger charge is -2.20. The van der Waals surface area contributed by atoms with Crippen LogP contribution in [-0.4, -0.2) is 61.1 Å². The lowest BCUT2D eigenvalue weighted by atomic mass is 9.82. The third kappa shape index (κ3) is 13.3. The van der Waals surface area contributed by atoms with Crippen molar-refractivity contribution in [2.45, 2.75) is 33.2 Å². The van der Waals surface area contributed by atoms with Crippen molar-refractivity contribution < 1.29 is 48.1 Å².